The van der Waals surface area contributed by atoms with Crippen molar-refractivity contribution in [3.8, 4) is 0 Å². The zero-order valence-corrected chi connectivity index (χ0v) is 17.1. The Morgan fingerprint density at radius 1 is 1.20 bits per heavy atom. The van der Waals surface area contributed by atoms with Crippen LogP contribution in [0.1, 0.15) is 4.88 Å². The number of hydrogen-bond acceptors (Lipinski definition) is 5. The number of nitrogens with two attached hydrogens (primary N) is 1. The minimum absolute atomic E-state index is 0.0815. The number of amidine groups is 1. The summed E-state index contributed by atoms with van der Waals surface area (Å²) in [4.78, 5) is 0.718. The number of thiophene rings is 1. The van der Waals surface area contributed by atoms with Gasteiger partial charge in [0, 0.05) is 4.47 Å². The van der Waals surface area contributed by atoms with Gasteiger partial charge in [-0.3, -0.25) is 10.1 Å². The van der Waals surface area contributed by atoms with E-state index < -0.39 is 10.0 Å². The van der Waals surface area contributed by atoms with E-state index in [1.807, 2.05) is 24.5 Å². The van der Waals surface area contributed by atoms with Crippen molar-refractivity contribution >= 4 is 71.3 Å². The average molecular weight is 456 g/mol. The fourth-order valence-electron chi connectivity index (χ4n) is 2.30. The van der Waals surface area contributed by atoms with Crippen molar-refractivity contribution in [1.82, 2.24) is 0 Å². The first-order chi connectivity index (χ1) is 11.8. The SMILES string of the molecule is CSc1sc(C(=N)N)cc1NS(=O)(=O)c1ccc2cc(Br)ccc2c1. The summed E-state index contributed by atoms with van der Waals surface area (Å²) in [6, 6.07) is 12.3. The van der Waals surface area contributed by atoms with Crippen LogP contribution in [-0.2, 0) is 10.0 Å². The topological polar surface area (TPSA) is 96.0 Å². The molecule has 0 atom stereocenters. The Morgan fingerprint density at radius 3 is 2.56 bits per heavy atom. The number of rotatable bonds is 5. The van der Waals surface area contributed by atoms with Gasteiger partial charge in [-0.1, -0.05) is 28.1 Å². The molecule has 0 aliphatic rings. The summed E-state index contributed by atoms with van der Waals surface area (Å²) in [5.74, 6) is -0.0815. The van der Waals surface area contributed by atoms with E-state index in [0.29, 0.717) is 10.6 Å². The van der Waals surface area contributed by atoms with Gasteiger partial charge in [-0.2, -0.15) is 0 Å². The number of thioether (sulfide) groups is 1. The molecule has 130 valence electrons. The Balaban J connectivity index is 1.99. The summed E-state index contributed by atoms with van der Waals surface area (Å²) in [7, 11) is -3.74. The Kier molecular flexibility index (Phi) is 5.10. The monoisotopic (exact) mass is 455 g/mol. The molecule has 3 rings (SSSR count). The van der Waals surface area contributed by atoms with E-state index in [0.717, 1.165) is 19.5 Å². The predicted octanol–water partition coefficient (Wildman–Crippen LogP) is 4.47. The summed E-state index contributed by atoms with van der Waals surface area (Å²) in [5, 5.41) is 9.31. The number of nitrogen functional groups attached to an aromatic ring is 1. The van der Waals surface area contributed by atoms with E-state index in [1.165, 1.54) is 23.1 Å². The predicted molar refractivity (Wildman–Crippen MR) is 110 cm³/mol. The van der Waals surface area contributed by atoms with Crippen LogP contribution in [0.4, 0.5) is 5.69 Å². The normalized spacial score (nSPS) is 11.6. The Labute approximate surface area is 162 Å². The largest absolute Gasteiger partial charge is 0.383 e. The fourth-order valence-corrected chi connectivity index (χ4v) is 5.54. The van der Waals surface area contributed by atoms with Crippen LogP contribution < -0.4 is 10.5 Å². The van der Waals surface area contributed by atoms with Crippen molar-refractivity contribution in [2.45, 2.75) is 9.10 Å². The highest BCUT2D eigenvalue weighted by Crippen LogP contribution is 2.36. The third-order valence-electron chi connectivity index (χ3n) is 3.48. The van der Waals surface area contributed by atoms with Crippen molar-refractivity contribution in [3.05, 3.63) is 51.8 Å². The van der Waals surface area contributed by atoms with Gasteiger partial charge in [-0.05, 0) is 47.4 Å². The minimum Gasteiger partial charge on any atom is -0.383 e. The molecule has 0 amide bonds. The second-order valence-electron chi connectivity index (χ2n) is 5.19. The third kappa shape index (κ3) is 3.84. The molecule has 0 saturated carbocycles. The molecule has 4 N–H and O–H groups in total. The van der Waals surface area contributed by atoms with E-state index in [2.05, 4.69) is 20.7 Å². The lowest BCUT2D eigenvalue weighted by atomic mass is 10.1. The highest BCUT2D eigenvalue weighted by Gasteiger charge is 2.19. The Bertz CT molecular complexity index is 1080. The molecule has 0 bridgehead atoms. The van der Waals surface area contributed by atoms with Crippen LogP contribution in [0, 0.1) is 5.41 Å². The smallest absolute Gasteiger partial charge is 0.261 e. The lowest BCUT2D eigenvalue weighted by Gasteiger charge is -2.09. The molecule has 0 radical (unpaired) electrons. The molecule has 0 unspecified atom stereocenters. The summed E-state index contributed by atoms with van der Waals surface area (Å²) >= 11 is 6.10. The molecule has 5 nitrogen and oxygen atoms in total. The Morgan fingerprint density at radius 2 is 1.88 bits per heavy atom. The van der Waals surface area contributed by atoms with Gasteiger partial charge < -0.3 is 5.73 Å². The standard InChI is InChI=1S/C16H14BrN3O2S3/c1-23-16-13(8-14(24-16)15(18)19)20-25(21,22)12-5-3-9-6-11(17)4-2-10(9)7-12/h2-8,20H,1H3,(H3,18,19). The van der Waals surface area contributed by atoms with Gasteiger partial charge in [0.25, 0.3) is 10.0 Å². The van der Waals surface area contributed by atoms with Gasteiger partial charge in [0.2, 0.25) is 0 Å². The molecular weight excluding hydrogens is 442 g/mol. The van der Waals surface area contributed by atoms with Crippen LogP contribution in [-0.4, -0.2) is 20.5 Å². The molecule has 0 saturated heterocycles. The van der Waals surface area contributed by atoms with Crippen LogP contribution in [0.15, 0.2) is 56.0 Å². The van der Waals surface area contributed by atoms with Crippen molar-refractivity contribution in [3.63, 3.8) is 0 Å². The zero-order valence-electron chi connectivity index (χ0n) is 13.0. The number of fused-ring (bicyclic) bond motifs is 1. The van der Waals surface area contributed by atoms with Gasteiger partial charge in [0.1, 0.15) is 5.84 Å². The summed E-state index contributed by atoms with van der Waals surface area (Å²) in [5.41, 5.74) is 5.95. The van der Waals surface area contributed by atoms with Crippen LogP contribution in [0.2, 0.25) is 0 Å². The van der Waals surface area contributed by atoms with Gasteiger partial charge in [-0.15, -0.1) is 23.1 Å². The van der Waals surface area contributed by atoms with E-state index in [9.17, 15) is 8.42 Å². The van der Waals surface area contributed by atoms with E-state index >= 15 is 0 Å². The number of anilines is 1. The molecule has 0 fully saturated rings. The van der Waals surface area contributed by atoms with Crippen LogP contribution in [0.5, 0.6) is 0 Å². The molecule has 0 spiro atoms. The zero-order chi connectivity index (χ0) is 18.2. The molecule has 0 aliphatic carbocycles. The van der Waals surface area contributed by atoms with E-state index in [-0.39, 0.29) is 10.7 Å². The number of hydrogen-bond donors (Lipinski definition) is 3. The first-order valence-corrected chi connectivity index (χ1v) is 11.4. The summed E-state index contributed by atoms with van der Waals surface area (Å²) in [6.07, 6.45) is 1.85. The van der Waals surface area contributed by atoms with Crippen molar-refractivity contribution < 1.29 is 8.42 Å². The highest BCUT2D eigenvalue weighted by molar-refractivity contribution is 9.10. The maximum atomic E-state index is 12.7. The second kappa shape index (κ2) is 6.99. The molecule has 0 aliphatic heterocycles. The lowest BCUT2D eigenvalue weighted by Crippen LogP contribution is -2.13. The molecule has 1 aromatic heterocycles. The molecule has 25 heavy (non-hydrogen) atoms. The van der Waals surface area contributed by atoms with E-state index in [4.69, 9.17) is 11.1 Å². The van der Waals surface area contributed by atoms with Crippen LogP contribution in [0.25, 0.3) is 10.8 Å². The number of nitrogens with one attached hydrogen (secondary N) is 2. The van der Waals surface area contributed by atoms with Gasteiger partial charge >= 0.3 is 0 Å². The average Bonchev–Trinajstić information content (AvgIpc) is 2.96. The summed E-state index contributed by atoms with van der Waals surface area (Å²) in [6.45, 7) is 0. The van der Waals surface area contributed by atoms with Crippen LogP contribution >= 0.6 is 39.0 Å². The number of halogens is 1. The first kappa shape index (κ1) is 18.2. The maximum Gasteiger partial charge on any atom is 0.261 e. The Hall–Kier alpha value is -1.55. The maximum absolute atomic E-state index is 12.7. The van der Waals surface area contributed by atoms with Crippen molar-refractivity contribution in [2.75, 3.05) is 11.0 Å². The molecule has 9 heteroatoms. The minimum atomic E-state index is -3.74. The molecule has 2 aromatic carbocycles. The molecular formula is C16H14BrN3O2S3. The second-order valence-corrected chi connectivity index (χ2v) is 9.91. The number of sulfonamides is 1. The highest BCUT2D eigenvalue weighted by atomic mass is 79.9. The van der Waals surface area contributed by atoms with Crippen molar-refractivity contribution in [1.29, 1.82) is 5.41 Å². The first-order valence-electron chi connectivity index (χ1n) is 7.04. The van der Waals surface area contributed by atoms with Gasteiger partial charge in [0.05, 0.1) is 19.7 Å². The summed E-state index contributed by atoms with van der Waals surface area (Å²) < 4.78 is 29.8. The fraction of sp³-hybridized carbons (Fsp3) is 0.0625. The quantitative estimate of drug-likeness (QED) is 0.300. The number of benzene rings is 2. The van der Waals surface area contributed by atoms with Crippen molar-refractivity contribution in [2.24, 2.45) is 5.73 Å². The lowest BCUT2D eigenvalue weighted by molar-refractivity contribution is 0.601. The third-order valence-corrected chi connectivity index (χ3v) is 7.64. The molecule has 3 aromatic rings. The molecule has 1 heterocycles. The van der Waals surface area contributed by atoms with Gasteiger partial charge in [0.15, 0.2) is 0 Å². The van der Waals surface area contributed by atoms with Gasteiger partial charge in [-0.25, -0.2) is 8.42 Å². The van der Waals surface area contributed by atoms with E-state index in [1.54, 1.807) is 24.3 Å². The van der Waals surface area contributed by atoms with Crippen LogP contribution in [0.3, 0.4) is 0 Å².